The summed E-state index contributed by atoms with van der Waals surface area (Å²) in [6.07, 6.45) is 1.70. The number of aromatic nitrogens is 1. The molecule has 72 valence electrons. The van der Waals surface area contributed by atoms with Crippen molar-refractivity contribution >= 4 is 0 Å². The summed E-state index contributed by atoms with van der Waals surface area (Å²) >= 11 is 0. The highest BCUT2D eigenvalue weighted by Gasteiger charge is 2.16. The van der Waals surface area contributed by atoms with Gasteiger partial charge in [-0.2, -0.15) is 0 Å². The molecule has 0 bridgehead atoms. The lowest BCUT2D eigenvalue weighted by Gasteiger charge is -2.30. The van der Waals surface area contributed by atoms with Crippen molar-refractivity contribution in [3.05, 3.63) is 18.0 Å². The quantitative estimate of drug-likeness (QED) is 0.720. The summed E-state index contributed by atoms with van der Waals surface area (Å²) in [5, 5.41) is 7.09. The average molecular weight is 181 g/mol. The van der Waals surface area contributed by atoms with Gasteiger partial charge in [0.2, 0.25) is 0 Å². The van der Waals surface area contributed by atoms with E-state index in [0.29, 0.717) is 6.04 Å². The van der Waals surface area contributed by atoms with E-state index in [-0.39, 0.29) is 0 Å². The lowest BCUT2D eigenvalue weighted by Crippen LogP contribution is -2.48. The summed E-state index contributed by atoms with van der Waals surface area (Å²) in [6, 6.07) is 2.50. The third-order valence-corrected chi connectivity index (χ3v) is 2.32. The molecule has 1 aliphatic rings. The number of nitrogens with one attached hydrogen (secondary N) is 1. The molecule has 1 aromatic rings. The Kier molecular flexibility index (Phi) is 2.61. The van der Waals surface area contributed by atoms with E-state index in [0.717, 1.165) is 31.9 Å². The fraction of sp³-hybridized carbons (Fsp3) is 0.667. The highest BCUT2D eigenvalue weighted by molar-refractivity contribution is 4.93. The van der Waals surface area contributed by atoms with Crippen LogP contribution >= 0.6 is 0 Å². The monoisotopic (exact) mass is 181 g/mol. The standard InChI is InChI=1S/C9H15N3O/c1-8-6-12(5-4-10-8)7-9-2-3-11-13-9/h2-3,8,10H,4-7H2,1H3/t8-/m1/s1. The van der Waals surface area contributed by atoms with Crippen LogP contribution in [0.2, 0.25) is 0 Å². The molecule has 1 atom stereocenters. The zero-order chi connectivity index (χ0) is 9.10. The predicted molar refractivity (Wildman–Crippen MR) is 49.2 cm³/mol. The van der Waals surface area contributed by atoms with E-state index in [9.17, 15) is 0 Å². The average Bonchev–Trinajstić information content (AvgIpc) is 2.57. The van der Waals surface area contributed by atoms with Gasteiger partial charge in [0.1, 0.15) is 0 Å². The molecule has 0 saturated carbocycles. The SMILES string of the molecule is C[C@@H]1CN(Cc2ccno2)CCN1. The molecular formula is C9H15N3O. The molecule has 4 heteroatoms. The van der Waals surface area contributed by atoms with Crippen LogP contribution < -0.4 is 5.32 Å². The molecule has 1 N–H and O–H groups in total. The number of nitrogens with zero attached hydrogens (tertiary/aromatic N) is 2. The van der Waals surface area contributed by atoms with Gasteiger partial charge in [0, 0.05) is 31.7 Å². The second kappa shape index (κ2) is 3.89. The van der Waals surface area contributed by atoms with Crippen LogP contribution in [0.15, 0.2) is 16.8 Å². The molecule has 1 aliphatic heterocycles. The smallest absolute Gasteiger partial charge is 0.150 e. The fourth-order valence-electron chi connectivity index (χ4n) is 1.70. The van der Waals surface area contributed by atoms with Gasteiger partial charge in [0.25, 0.3) is 0 Å². The van der Waals surface area contributed by atoms with Crippen molar-refractivity contribution in [3.8, 4) is 0 Å². The van der Waals surface area contributed by atoms with Crippen molar-refractivity contribution in [1.29, 1.82) is 0 Å². The van der Waals surface area contributed by atoms with Gasteiger partial charge in [-0.1, -0.05) is 5.16 Å². The van der Waals surface area contributed by atoms with E-state index < -0.39 is 0 Å². The number of hydrogen-bond acceptors (Lipinski definition) is 4. The predicted octanol–water partition coefficient (Wildman–Crippen LogP) is 0.468. The van der Waals surface area contributed by atoms with Crippen LogP contribution in [-0.2, 0) is 6.54 Å². The Bertz CT molecular complexity index is 247. The van der Waals surface area contributed by atoms with E-state index in [1.54, 1.807) is 6.20 Å². The summed E-state index contributed by atoms with van der Waals surface area (Å²) in [5.74, 6) is 0.953. The van der Waals surface area contributed by atoms with Crippen molar-refractivity contribution in [3.63, 3.8) is 0 Å². The van der Waals surface area contributed by atoms with Gasteiger partial charge < -0.3 is 9.84 Å². The van der Waals surface area contributed by atoms with Gasteiger partial charge in [-0.15, -0.1) is 0 Å². The number of rotatable bonds is 2. The lowest BCUT2D eigenvalue weighted by molar-refractivity contribution is 0.180. The maximum absolute atomic E-state index is 5.06. The summed E-state index contributed by atoms with van der Waals surface area (Å²) in [6.45, 7) is 6.32. The number of piperazine rings is 1. The topological polar surface area (TPSA) is 41.3 Å². The molecular weight excluding hydrogens is 166 g/mol. The van der Waals surface area contributed by atoms with Crippen LogP contribution in [0.1, 0.15) is 12.7 Å². The van der Waals surface area contributed by atoms with Crippen LogP contribution in [0.25, 0.3) is 0 Å². The molecule has 0 radical (unpaired) electrons. The Balaban J connectivity index is 1.87. The van der Waals surface area contributed by atoms with Crippen LogP contribution in [0.5, 0.6) is 0 Å². The first kappa shape index (κ1) is 8.72. The number of hydrogen-bond donors (Lipinski definition) is 1. The van der Waals surface area contributed by atoms with E-state index in [2.05, 4.69) is 22.3 Å². The molecule has 0 spiro atoms. The van der Waals surface area contributed by atoms with E-state index in [1.165, 1.54) is 0 Å². The zero-order valence-corrected chi connectivity index (χ0v) is 7.86. The summed E-state index contributed by atoms with van der Waals surface area (Å²) in [4.78, 5) is 2.38. The van der Waals surface area contributed by atoms with Crippen LogP contribution in [0.3, 0.4) is 0 Å². The Hall–Kier alpha value is -0.870. The molecule has 0 aromatic carbocycles. The molecule has 1 fully saturated rings. The molecule has 1 aromatic heterocycles. The summed E-state index contributed by atoms with van der Waals surface area (Å²) in [5.41, 5.74) is 0. The van der Waals surface area contributed by atoms with Crippen molar-refractivity contribution in [1.82, 2.24) is 15.4 Å². The molecule has 4 nitrogen and oxygen atoms in total. The van der Waals surface area contributed by atoms with Crippen LogP contribution in [0.4, 0.5) is 0 Å². The highest BCUT2D eigenvalue weighted by atomic mass is 16.5. The van der Waals surface area contributed by atoms with Gasteiger partial charge in [0.05, 0.1) is 12.7 Å². The molecule has 2 heterocycles. The normalized spacial score (nSPS) is 24.8. The molecule has 13 heavy (non-hydrogen) atoms. The molecule has 0 unspecified atom stereocenters. The van der Waals surface area contributed by atoms with E-state index >= 15 is 0 Å². The largest absolute Gasteiger partial charge is 0.360 e. The van der Waals surface area contributed by atoms with Crippen LogP contribution in [0, 0.1) is 0 Å². The zero-order valence-electron chi connectivity index (χ0n) is 7.86. The van der Waals surface area contributed by atoms with Gasteiger partial charge >= 0.3 is 0 Å². The van der Waals surface area contributed by atoms with E-state index in [1.807, 2.05) is 6.07 Å². The first-order chi connectivity index (χ1) is 6.34. The molecule has 2 rings (SSSR count). The minimum absolute atomic E-state index is 0.580. The van der Waals surface area contributed by atoms with Crippen molar-refractivity contribution in [2.75, 3.05) is 19.6 Å². The van der Waals surface area contributed by atoms with Gasteiger partial charge in [-0.25, -0.2) is 0 Å². The van der Waals surface area contributed by atoms with E-state index in [4.69, 9.17) is 4.52 Å². The summed E-state index contributed by atoms with van der Waals surface area (Å²) < 4.78 is 5.06. The second-order valence-corrected chi connectivity index (χ2v) is 3.57. The third kappa shape index (κ3) is 2.29. The molecule has 0 amide bonds. The lowest BCUT2D eigenvalue weighted by atomic mass is 10.2. The maximum atomic E-state index is 5.06. The Morgan fingerprint density at radius 3 is 3.38 bits per heavy atom. The third-order valence-electron chi connectivity index (χ3n) is 2.32. The van der Waals surface area contributed by atoms with Gasteiger partial charge in [-0.3, -0.25) is 4.90 Å². The first-order valence-electron chi connectivity index (χ1n) is 4.70. The minimum Gasteiger partial charge on any atom is -0.360 e. The van der Waals surface area contributed by atoms with Crippen molar-refractivity contribution in [2.45, 2.75) is 19.5 Å². The molecule has 0 aliphatic carbocycles. The Morgan fingerprint density at radius 1 is 1.77 bits per heavy atom. The highest BCUT2D eigenvalue weighted by Crippen LogP contribution is 2.06. The van der Waals surface area contributed by atoms with Crippen molar-refractivity contribution in [2.24, 2.45) is 0 Å². The maximum Gasteiger partial charge on any atom is 0.150 e. The van der Waals surface area contributed by atoms with Crippen LogP contribution in [-0.4, -0.2) is 35.7 Å². The second-order valence-electron chi connectivity index (χ2n) is 3.57. The fourth-order valence-corrected chi connectivity index (χ4v) is 1.70. The summed E-state index contributed by atoms with van der Waals surface area (Å²) in [7, 11) is 0. The van der Waals surface area contributed by atoms with Gasteiger partial charge in [0.15, 0.2) is 5.76 Å². The van der Waals surface area contributed by atoms with Gasteiger partial charge in [-0.05, 0) is 6.92 Å². The Labute approximate surface area is 77.9 Å². The Morgan fingerprint density at radius 2 is 2.69 bits per heavy atom. The molecule has 1 saturated heterocycles. The van der Waals surface area contributed by atoms with Crippen molar-refractivity contribution < 1.29 is 4.52 Å². The minimum atomic E-state index is 0.580. The first-order valence-corrected chi connectivity index (χ1v) is 4.70.